The Morgan fingerprint density at radius 1 is 0.933 bits per heavy atom. The van der Waals surface area contributed by atoms with Crippen molar-refractivity contribution < 1.29 is 28.6 Å². The first-order chi connectivity index (χ1) is 14.5. The second-order valence-electron chi connectivity index (χ2n) is 6.40. The van der Waals surface area contributed by atoms with E-state index in [1.54, 1.807) is 66.4 Å². The monoisotopic (exact) mass is 431 g/mol. The number of carbonyl (C=O) groups is 3. The summed E-state index contributed by atoms with van der Waals surface area (Å²) in [6.07, 6.45) is 0.580. The minimum Gasteiger partial charge on any atom is -0.442 e. The predicted molar refractivity (Wildman–Crippen MR) is 114 cm³/mol. The first-order valence-corrected chi connectivity index (χ1v) is 10.9. The average Bonchev–Trinajstić information content (AvgIpc) is 2.72. The summed E-state index contributed by atoms with van der Waals surface area (Å²) in [7, 11) is 0. The summed E-state index contributed by atoms with van der Waals surface area (Å²) < 4.78 is 15.7. The van der Waals surface area contributed by atoms with Gasteiger partial charge in [-0.15, -0.1) is 0 Å². The molecule has 160 valence electrons. The maximum absolute atomic E-state index is 12.6. The molecule has 2 aromatic rings. The van der Waals surface area contributed by atoms with E-state index >= 15 is 0 Å². The lowest BCUT2D eigenvalue weighted by molar-refractivity contribution is -0.157. The number of esters is 2. The molecule has 7 nitrogen and oxygen atoms in total. The van der Waals surface area contributed by atoms with Crippen molar-refractivity contribution in [3.63, 3.8) is 0 Å². The molecule has 0 saturated carbocycles. The van der Waals surface area contributed by atoms with Crippen LogP contribution in [0.5, 0.6) is 11.5 Å². The van der Waals surface area contributed by atoms with Crippen LogP contribution in [0.15, 0.2) is 60.7 Å². The van der Waals surface area contributed by atoms with Crippen LogP contribution in [-0.2, 0) is 14.3 Å². The fourth-order valence-electron chi connectivity index (χ4n) is 2.52. The number of hydrogen-bond donors (Lipinski definition) is 1. The summed E-state index contributed by atoms with van der Waals surface area (Å²) >= 11 is 1.56. The molecule has 8 heteroatoms. The Kier molecular flexibility index (Phi) is 9.73. The number of para-hydroxylation sites is 2. The van der Waals surface area contributed by atoms with Gasteiger partial charge in [0.25, 0.3) is 0 Å². The Morgan fingerprint density at radius 3 is 2.07 bits per heavy atom. The SMILES string of the molecule is CSCCC(CC(=O)Oc1ccccc1)C(=O)OC(C)NC(=O)Oc1ccccc1. The van der Waals surface area contributed by atoms with Gasteiger partial charge in [-0.3, -0.25) is 14.9 Å². The first kappa shape index (κ1) is 23.3. The average molecular weight is 432 g/mol. The smallest absolute Gasteiger partial charge is 0.415 e. The second kappa shape index (κ2) is 12.5. The van der Waals surface area contributed by atoms with Crippen LogP contribution in [0.2, 0.25) is 0 Å². The molecule has 0 fully saturated rings. The van der Waals surface area contributed by atoms with Crippen molar-refractivity contribution in [2.45, 2.75) is 26.0 Å². The zero-order chi connectivity index (χ0) is 21.8. The van der Waals surface area contributed by atoms with Gasteiger partial charge in [0.05, 0.1) is 12.3 Å². The molecule has 0 heterocycles. The van der Waals surface area contributed by atoms with Crippen molar-refractivity contribution in [1.29, 1.82) is 0 Å². The number of hydrogen-bond acceptors (Lipinski definition) is 7. The van der Waals surface area contributed by atoms with Crippen molar-refractivity contribution in [3.05, 3.63) is 60.7 Å². The maximum Gasteiger partial charge on any atom is 0.415 e. The minimum atomic E-state index is -0.921. The Balaban J connectivity index is 1.86. The number of ether oxygens (including phenoxy) is 3. The zero-order valence-electron chi connectivity index (χ0n) is 16.9. The largest absolute Gasteiger partial charge is 0.442 e. The molecule has 0 aliphatic carbocycles. The number of nitrogens with one attached hydrogen (secondary N) is 1. The van der Waals surface area contributed by atoms with Crippen LogP contribution in [-0.4, -0.2) is 36.3 Å². The summed E-state index contributed by atoms with van der Waals surface area (Å²) in [5.74, 6) is -0.317. The maximum atomic E-state index is 12.6. The molecule has 1 amide bonds. The lowest BCUT2D eigenvalue weighted by atomic mass is 10.0. The fraction of sp³-hybridized carbons (Fsp3) is 0.318. The van der Waals surface area contributed by atoms with Crippen LogP contribution in [0.3, 0.4) is 0 Å². The Morgan fingerprint density at radius 2 is 1.50 bits per heavy atom. The van der Waals surface area contributed by atoms with Crippen LogP contribution in [0.4, 0.5) is 4.79 Å². The lowest BCUT2D eigenvalue weighted by Crippen LogP contribution is -2.39. The molecule has 2 aromatic carbocycles. The van der Waals surface area contributed by atoms with Gasteiger partial charge in [-0.2, -0.15) is 11.8 Å². The van der Waals surface area contributed by atoms with Crippen LogP contribution in [0, 0.1) is 5.92 Å². The van der Waals surface area contributed by atoms with Gasteiger partial charge in [0.15, 0.2) is 6.23 Å². The highest BCUT2D eigenvalue weighted by Crippen LogP contribution is 2.18. The van der Waals surface area contributed by atoms with E-state index in [9.17, 15) is 14.4 Å². The van der Waals surface area contributed by atoms with Crippen LogP contribution in [0.25, 0.3) is 0 Å². The molecule has 0 aliphatic heterocycles. The highest BCUT2D eigenvalue weighted by Gasteiger charge is 2.26. The molecular weight excluding hydrogens is 406 g/mol. The molecule has 30 heavy (non-hydrogen) atoms. The standard InChI is InChI=1S/C22H25NO6S/c1-16(23-22(26)29-19-11-7-4-8-12-19)27-21(25)17(13-14-30-2)15-20(24)28-18-9-5-3-6-10-18/h3-12,16-17H,13-15H2,1-2H3,(H,23,26). The highest BCUT2D eigenvalue weighted by molar-refractivity contribution is 7.98. The van der Waals surface area contributed by atoms with Gasteiger partial charge in [-0.25, -0.2) is 4.79 Å². The van der Waals surface area contributed by atoms with Crippen LogP contribution in [0.1, 0.15) is 19.8 Å². The molecule has 2 unspecified atom stereocenters. The van der Waals surface area contributed by atoms with Crippen molar-refractivity contribution >= 4 is 29.8 Å². The zero-order valence-corrected chi connectivity index (χ0v) is 17.7. The quantitative estimate of drug-likeness (QED) is 0.345. The van der Waals surface area contributed by atoms with Gasteiger partial charge >= 0.3 is 18.0 Å². The highest BCUT2D eigenvalue weighted by atomic mass is 32.2. The predicted octanol–water partition coefficient (Wildman–Crippen LogP) is 4.03. The molecule has 0 saturated heterocycles. The molecule has 0 aromatic heterocycles. The number of amides is 1. The van der Waals surface area contributed by atoms with Gasteiger partial charge in [-0.05, 0) is 49.6 Å². The van der Waals surface area contributed by atoms with E-state index in [0.29, 0.717) is 23.7 Å². The minimum absolute atomic E-state index is 0.116. The second-order valence-corrected chi connectivity index (χ2v) is 7.38. The van der Waals surface area contributed by atoms with E-state index in [-0.39, 0.29) is 6.42 Å². The fourth-order valence-corrected chi connectivity index (χ4v) is 3.04. The van der Waals surface area contributed by atoms with Gasteiger partial charge in [0.2, 0.25) is 0 Å². The van der Waals surface area contributed by atoms with Crippen molar-refractivity contribution in [1.82, 2.24) is 5.32 Å². The van der Waals surface area contributed by atoms with Crippen molar-refractivity contribution in [2.24, 2.45) is 5.92 Å². The molecule has 2 atom stereocenters. The topological polar surface area (TPSA) is 90.9 Å². The lowest BCUT2D eigenvalue weighted by Gasteiger charge is -2.19. The molecule has 0 radical (unpaired) electrons. The third-order valence-electron chi connectivity index (χ3n) is 3.96. The number of thioether (sulfide) groups is 1. The van der Waals surface area contributed by atoms with Crippen LogP contribution < -0.4 is 14.8 Å². The van der Waals surface area contributed by atoms with Crippen molar-refractivity contribution in [3.8, 4) is 11.5 Å². The molecule has 1 N–H and O–H groups in total. The van der Waals surface area contributed by atoms with Crippen molar-refractivity contribution in [2.75, 3.05) is 12.0 Å². The van der Waals surface area contributed by atoms with E-state index in [1.807, 2.05) is 12.3 Å². The van der Waals surface area contributed by atoms with E-state index in [2.05, 4.69) is 5.32 Å². The summed E-state index contributed by atoms with van der Waals surface area (Å²) in [6.45, 7) is 1.51. The van der Waals surface area contributed by atoms with E-state index < -0.39 is 30.2 Å². The molecule has 0 bridgehead atoms. The summed E-state index contributed by atoms with van der Waals surface area (Å²) in [6, 6.07) is 17.2. The van der Waals surface area contributed by atoms with E-state index in [0.717, 1.165) is 0 Å². The first-order valence-electron chi connectivity index (χ1n) is 9.46. The van der Waals surface area contributed by atoms with Gasteiger partial charge < -0.3 is 14.2 Å². The Labute approximate surface area is 180 Å². The number of benzene rings is 2. The summed E-state index contributed by atoms with van der Waals surface area (Å²) in [5.41, 5.74) is 0. The van der Waals surface area contributed by atoms with E-state index in [4.69, 9.17) is 14.2 Å². The number of carbonyl (C=O) groups excluding carboxylic acids is 3. The molecule has 0 aliphatic rings. The van der Waals surface area contributed by atoms with E-state index in [1.165, 1.54) is 6.92 Å². The third-order valence-corrected chi connectivity index (χ3v) is 4.60. The molecule has 2 rings (SSSR count). The molecular formula is C22H25NO6S. The third kappa shape index (κ3) is 8.57. The number of rotatable bonds is 10. The normalized spacial score (nSPS) is 12.3. The van der Waals surface area contributed by atoms with Gasteiger partial charge in [-0.1, -0.05) is 36.4 Å². The Hall–Kier alpha value is -3.00. The van der Waals surface area contributed by atoms with Gasteiger partial charge in [0.1, 0.15) is 11.5 Å². The summed E-state index contributed by atoms with van der Waals surface area (Å²) in [5, 5.41) is 2.44. The van der Waals surface area contributed by atoms with Crippen LogP contribution >= 0.6 is 11.8 Å². The Bertz CT molecular complexity index is 815. The van der Waals surface area contributed by atoms with Gasteiger partial charge in [0, 0.05) is 0 Å². The molecule has 0 spiro atoms. The summed E-state index contributed by atoms with van der Waals surface area (Å²) in [4.78, 5) is 36.7.